The number of nitrogens with two attached hydrogens (primary N) is 1. The third-order valence-corrected chi connectivity index (χ3v) is 6.86. The zero-order chi connectivity index (χ0) is 25.8. The second kappa shape index (κ2) is 11.0. The van der Waals surface area contributed by atoms with E-state index in [1.165, 1.54) is 0 Å². The van der Waals surface area contributed by atoms with Crippen molar-refractivity contribution < 1.29 is 13.9 Å². The van der Waals surface area contributed by atoms with Crippen LogP contribution in [-0.4, -0.2) is 26.5 Å². The Balaban J connectivity index is 1.35. The zero-order valence-electron chi connectivity index (χ0n) is 20.3. The molecule has 0 radical (unpaired) electrons. The molecule has 5 aromatic rings. The monoisotopic (exact) mass is 559 g/mol. The number of carbonyl (C=O) groups is 1. The number of carbonyl (C=O) groups excluding carboxylic acids is 1. The lowest BCUT2D eigenvalue weighted by Gasteiger charge is -2.10. The average Bonchev–Trinajstić information content (AvgIpc) is 3.55. The number of primary amides is 1. The average molecular weight is 560 g/mol. The fraction of sp³-hybridized carbons (Fsp3) is 0.214. The summed E-state index contributed by atoms with van der Waals surface area (Å²) in [6, 6.07) is 20.2. The molecule has 9 heteroatoms. The Morgan fingerprint density at radius 2 is 1.92 bits per heavy atom. The number of fused-ring (bicyclic) bond motifs is 1. The number of ether oxygens (including phenoxy) is 1. The maximum absolute atomic E-state index is 12.4. The van der Waals surface area contributed by atoms with Gasteiger partial charge in [-0.15, -0.1) is 10.2 Å². The third-order valence-electron chi connectivity index (χ3n) is 6.24. The highest BCUT2D eigenvalue weighted by atomic mass is 79.9. The minimum atomic E-state index is -0.442. The summed E-state index contributed by atoms with van der Waals surface area (Å²) >= 11 is 3.59. The Hall–Kier alpha value is -3.98. The number of aromatic nitrogens is 4. The number of amides is 1. The second-order valence-electron chi connectivity index (χ2n) is 8.79. The van der Waals surface area contributed by atoms with E-state index in [4.69, 9.17) is 14.9 Å². The van der Waals surface area contributed by atoms with Gasteiger partial charge in [0.25, 0.3) is 5.91 Å². The fourth-order valence-corrected chi connectivity index (χ4v) is 4.90. The Morgan fingerprint density at radius 1 is 1.11 bits per heavy atom. The summed E-state index contributed by atoms with van der Waals surface area (Å²) in [5.74, 6) is 1.42. The number of hydrogen-bond donors (Lipinski definition) is 2. The Morgan fingerprint density at radius 3 is 2.62 bits per heavy atom. The minimum Gasteiger partial charge on any atom is -0.484 e. The highest BCUT2D eigenvalue weighted by Gasteiger charge is 2.21. The van der Waals surface area contributed by atoms with Gasteiger partial charge in [0, 0.05) is 11.8 Å². The van der Waals surface area contributed by atoms with Crippen LogP contribution in [0, 0.1) is 0 Å². The fourth-order valence-electron chi connectivity index (χ4n) is 4.41. The molecular formula is C28H26BrN5O3. The van der Waals surface area contributed by atoms with E-state index in [-0.39, 0.29) is 6.61 Å². The van der Waals surface area contributed by atoms with Gasteiger partial charge >= 0.3 is 0 Å². The second-order valence-corrected chi connectivity index (χ2v) is 9.65. The number of aromatic amines is 1. The molecule has 188 valence electrons. The normalized spacial score (nSPS) is 11.2. The van der Waals surface area contributed by atoms with Crippen LogP contribution in [0.25, 0.3) is 22.1 Å². The van der Waals surface area contributed by atoms with Crippen LogP contribution >= 0.6 is 15.9 Å². The van der Waals surface area contributed by atoms with Gasteiger partial charge in [0.1, 0.15) is 17.1 Å². The molecule has 3 aromatic carbocycles. The highest BCUT2D eigenvalue weighted by molar-refractivity contribution is 9.10. The molecule has 0 bridgehead atoms. The summed E-state index contributed by atoms with van der Waals surface area (Å²) in [6.07, 6.45) is 3.32. The smallest absolute Gasteiger partial charge is 0.252 e. The van der Waals surface area contributed by atoms with Gasteiger partial charge in [-0.2, -0.15) is 5.21 Å². The van der Waals surface area contributed by atoms with Crippen LogP contribution in [0.4, 0.5) is 0 Å². The molecule has 3 N–H and O–H groups in total. The van der Waals surface area contributed by atoms with Gasteiger partial charge in [-0.1, -0.05) is 61.0 Å². The molecule has 2 aromatic heterocycles. The molecule has 0 atom stereocenters. The van der Waals surface area contributed by atoms with Crippen LogP contribution in [0.3, 0.4) is 0 Å². The summed E-state index contributed by atoms with van der Waals surface area (Å²) in [7, 11) is 0. The zero-order valence-corrected chi connectivity index (χ0v) is 21.9. The molecule has 0 saturated carbocycles. The summed E-state index contributed by atoms with van der Waals surface area (Å²) in [5.41, 5.74) is 11.3. The SMILES string of the molecule is CCCCc1oc2cccc(Cc3ccc(-c4ccc(OCc5nn[nH]n5)c(Br)c4)cc3)c2c1C(N)=O. The number of tetrazole rings is 1. The van der Waals surface area contributed by atoms with E-state index in [1.54, 1.807) is 0 Å². The highest BCUT2D eigenvalue weighted by Crippen LogP contribution is 2.33. The van der Waals surface area contributed by atoms with Crippen molar-refractivity contribution in [2.75, 3.05) is 0 Å². The Labute approximate surface area is 222 Å². The lowest BCUT2D eigenvalue weighted by atomic mass is 9.96. The van der Waals surface area contributed by atoms with Crippen LogP contribution in [-0.2, 0) is 19.4 Å². The number of rotatable bonds is 10. The van der Waals surface area contributed by atoms with E-state index in [0.717, 1.165) is 45.0 Å². The first-order chi connectivity index (χ1) is 18.0. The van der Waals surface area contributed by atoms with E-state index < -0.39 is 5.91 Å². The van der Waals surface area contributed by atoms with Crippen LogP contribution in [0.2, 0.25) is 0 Å². The Kier molecular flexibility index (Phi) is 7.32. The molecule has 5 rings (SSSR count). The number of unbranched alkanes of at least 4 members (excludes halogenated alkanes) is 1. The molecule has 0 fully saturated rings. The van der Waals surface area contributed by atoms with E-state index >= 15 is 0 Å². The number of nitrogens with one attached hydrogen (secondary N) is 1. The van der Waals surface area contributed by atoms with Gasteiger partial charge in [0.05, 0.1) is 10.0 Å². The molecule has 1 amide bonds. The lowest BCUT2D eigenvalue weighted by molar-refractivity contribution is 0.0999. The molecule has 37 heavy (non-hydrogen) atoms. The van der Waals surface area contributed by atoms with Crippen molar-refractivity contribution >= 4 is 32.8 Å². The molecule has 0 saturated heterocycles. The number of halogens is 1. The number of benzene rings is 3. The summed E-state index contributed by atoms with van der Waals surface area (Å²) in [5, 5.41) is 14.5. The molecule has 0 aliphatic rings. The van der Waals surface area contributed by atoms with Gasteiger partial charge in [-0.3, -0.25) is 4.79 Å². The molecule has 0 aliphatic carbocycles. The van der Waals surface area contributed by atoms with Crippen molar-refractivity contribution in [1.29, 1.82) is 0 Å². The number of nitrogens with zero attached hydrogens (tertiary/aromatic N) is 3. The first kappa shape index (κ1) is 24.7. The topological polar surface area (TPSA) is 120 Å². The van der Waals surface area contributed by atoms with Crippen molar-refractivity contribution in [1.82, 2.24) is 20.6 Å². The van der Waals surface area contributed by atoms with Gasteiger partial charge < -0.3 is 14.9 Å². The molecule has 0 aliphatic heterocycles. The summed E-state index contributed by atoms with van der Waals surface area (Å²) < 4.78 is 12.7. The number of aryl methyl sites for hydroxylation is 1. The maximum Gasteiger partial charge on any atom is 0.252 e. The van der Waals surface area contributed by atoms with Gasteiger partial charge in [0.15, 0.2) is 6.61 Å². The predicted molar refractivity (Wildman–Crippen MR) is 144 cm³/mol. The minimum absolute atomic E-state index is 0.226. The molecule has 0 spiro atoms. The van der Waals surface area contributed by atoms with Crippen molar-refractivity contribution in [3.63, 3.8) is 0 Å². The van der Waals surface area contributed by atoms with Crippen molar-refractivity contribution in [2.45, 2.75) is 39.2 Å². The number of hydrogen-bond acceptors (Lipinski definition) is 6. The van der Waals surface area contributed by atoms with Gasteiger partial charge in [0.2, 0.25) is 5.82 Å². The van der Waals surface area contributed by atoms with Crippen molar-refractivity contribution in [3.8, 4) is 16.9 Å². The van der Waals surface area contributed by atoms with E-state index in [1.807, 2.05) is 36.4 Å². The van der Waals surface area contributed by atoms with Gasteiger partial charge in [-0.25, -0.2) is 0 Å². The molecule has 8 nitrogen and oxygen atoms in total. The van der Waals surface area contributed by atoms with Crippen LogP contribution in [0.1, 0.15) is 52.8 Å². The predicted octanol–water partition coefficient (Wildman–Crippen LogP) is 5.99. The van der Waals surface area contributed by atoms with Crippen LogP contribution in [0.15, 0.2) is 69.6 Å². The standard InChI is InChI=1S/C28H26BrN5O3/c1-2-3-6-24-27(28(30)35)26-20(5-4-7-23(26)37-24)14-17-8-10-18(11-9-17)19-12-13-22(21(29)15-19)36-16-25-31-33-34-32-25/h4-5,7-13,15H,2-3,6,14,16H2,1H3,(H2,30,35)(H,31,32,33,34). The quantitative estimate of drug-likeness (QED) is 0.217. The lowest BCUT2D eigenvalue weighted by Crippen LogP contribution is -2.13. The van der Waals surface area contributed by atoms with E-state index in [2.05, 4.69) is 67.7 Å². The van der Waals surface area contributed by atoms with Gasteiger partial charge in [-0.05, 0) is 69.2 Å². The molecule has 2 heterocycles. The van der Waals surface area contributed by atoms with Crippen molar-refractivity contribution in [2.24, 2.45) is 5.73 Å². The largest absolute Gasteiger partial charge is 0.484 e. The number of H-pyrrole nitrogens is 1. The third kappa shape index (κ3) is 5.41. The maximum atomic E-state index is 12.4. The van der Waals surface area contributed by atoms with E-state index in [0.29, 0.717) is 41.3 Å². The van der Waals surface area contributed by atoms with Crippen LogP contribution < -0.4 is 10.5 Å². The first-order valence-electron chi connectivity index (χ1n) is 12.1. The summed E-state index contributed by atoms with van der Waals surface area (Å²) in [4.78, 5) is 12.4. The summed E-state index contributed by atoms with van der Waals surface area (Å²) in [6.45, 7) is 2.34. The first-order valence-corrected chi connectivity index (χ1v) is 12.9. The number of furan rings is 1. The molecule has 0 unspecified atom stereocenters. The molecular weight excluding hydrogens is 534 g/mol. The van der Waals surface area contributed by atoms with Crippen molar-refractivity contribution in [3.05, 3.63) is 93.4 Å². The van der Waals surface area contributed by atoms with E-state index in [9.17, 15) is 4.79 Å². The van der Waals surface area contributed by atoms with Crippen LogP contribution in [0.5, 0.6) is 5.75 Å². The Bertz CT molecular complexity index is 1530.